The molecule has 0 bridgehead atoms. The second-order valence-electron chi connectivity index (χ2n) is 4.67. The first-order chi connectivity index (χ1) is 8.16. The zero-order chi connectivity index (χ0) is 12.3. The third kappa shape index (κ3) is 3.36. The van der Waals surface area contributed by atoms with E-state index in [1.807, 2.05) is 12.1 Å². The fourth-order valence-corrected chi connectivity index (χ4v) is 2.61. The normalized spacial score (nSPS) is 24.6. The number of carbonyl (C=O) groups is 1. The van der Waals surface area contributed by atoms with Crippen LogP contribution in [0.4, 0.5) is 0 Å². The molecule has 0 aromatic carbocycles. The highest BCUT2D eigenvalue weighted by Crippen LogP contribution is 2.24. The van der Waals surface area contributed by atoms with Crippen molar-refractivity contribution in [3.63, 3.8) is 0 Å². The van der Waals surface area contributed by atoms with Gasteiger partial charge in [0.05, 0.1) is 0 Å². The maximum atomic E-state index is 12.1. The van der Waals surface area contributed by atoms with E-state index < -0.39 is 0 Å². The van der Waals surface area contributed by atoms with E-state index in [0.717, 1.165) is 35.8 Å². The lowest BCUT2D eigenvalue weighted by Crippen LogP contribution is -2.38. The van der Waals surface area contributed by atoms with Crippen molar-refractivity contribution in [1.82, 2.24) is 4.98 Å². The SMILES string of the molecule is NC1CCCCC1C(=O)Cc1ccc(Br)cn1. The standard InChI is InChI=1S/C13H17BrN2O/c14-9-5-6-10(16-8-9)7-13(17)11-3-1-2-4-12(11)15/h5-6,8,11-12H,1-4,7,15H2. The smallest absolute Gasteiger partial charge is 0.143 e. The molecule has 1 aromatic heterocycles. The number of nitrogens with zero attached hydrogens (tertiary/aromatic N) is 1. The van der Waals surface area contributed by atoms with Gasteiger partial charge in [0, 0.05) is 34.7 Å². The largest absolute Gasteiger partial charge is 0.327 e. The molecule has 2 rings (SSSR count). The molecule has 4 heteroatoms. The van der Waals surface area contributed by atoms with Gasteiger partial charge in [-0.2, -0.15) is 0 Å². The number of nitrogens with two attached hydrogens (primary N) is 1. The van der Waals surface area contributed by atoms with Crippen LogP contribution in [0.3, 0.4) is 0 Å². The Labute approximate surface area is 110 Å². The molecule has 1 saturated carbocycles. The second-order valence-corrected chi connectivity index (χ2v) is 5.58. The summed E-state index contributed by atoms with van der Waals surface area (Å²) in [6.07, 6.45) is 6.33. The van der Waals surface area contributed by atoms with E-state index in [9.17, 15) is 4.79 Å². The predicted molar refractivity (Wildman–Crippen MR) is 70.6 cm³/mol. The number of aromatic nitrogens is 1. The average molecular weight is 297 g/mol. The lowest BCUT2D eigenvalue weighted by Gasteiger charge is -2.27. The molecule has 1 aliphatic carbocycles. The highest BCUT2D eigenvalue weighted by Gasteiger charge is 2.28. The first-order valence-electron chi connectivity index (χ1n) is 6.05. The molecule has 2 unspecified atom stereocenters. The molecule has 1 aromatic rings. The van der Waals surface area contributed by atoms with Gasteiger partial charge in [-0.1, -0.05) is 12.8 Å². The number of hydrogen-bond donors (Lipinski definition) is 1. The summed E-state index contributed by atoms with van der Waals surface area (Å²) >= 11 is 3.33. The fourth-order valence-electron chi connectivity index (χ4n) is 2.38. The van der Waals surface area contributed by atoms with Crippen molar-refractivity contribution >= 4 is 21.7 Å². The van der Waals surface area contributed by atoms with Crippen molar-refractivity contribution < 1.29 is 4.79 Å². The number of Topliss-reactive ketones (excluding diaryl/α,β-unsaturated/α-hetero) is 1. The molecule has 0 amide bonds. The van der Waals surface area contributed by atoms with Gasteiger partial charge in [-0.3, -0.25) is 9.78 Å². The summed E-state index contributed by atoms with van der Waals surface area (Å²) in [5.41, 5.74) is 6.84. The van der Waals surface area contributed by atoms with E-state index in [-0.39, 0.29) is 17.7 Å². The lowest BCUT2D eigenvalue weighted by molar-refractivity contribution is -0.123. The van der Waals surface area contributed by atoms with E-state index in [1.54, 1.807) is 6.20 Å². The van der Waals surface area contributed by atoms with Crippen molar-refractivity contribution in [2.45, 2.75) is 38.1 Å². The molecule has 1 fully saturated rings. The zero-order valence-corrected chi connectivity index (χ0v) is 11.3. The monoisotopic (exact) mass is 296 g/mol. The summed E-state index contributed by atoms with van der Waals surface area (Å²) in [5, 5.41) is 0. The van der Waals surface area contributed by atoms with Gasteiger partial charge in [-0.05, 0) is 40.9 Å². The minimum atomic E-state index is 0.0363. The van der Waals surface area contributed by atoms with Crippen molar-refractivity contribution in [2.75, 3.05) is 0 Å². The first kappa shape index (κ1) is 12.7. The Morgan fingerprint density at radius 1 is 1.41 bits per heavy atom. The second kappa shape index (κ2) is 5.74. The maximum absolute atomic E-state index is 12.1. The highest BCUT2D eigenvalue weighted by atomic mass is 79.9. The van der Waals surface area contributed by atoms with Crippen LogP contribution < -0.4 is 5.73 Å². The molecule has 3 nitrogen and oxygen atoms in total. The van der Waals surface area contributed by atoms with Crippen LogP contribution >= 0.6 is 15.9 Å². The van der Waals surface area contributed by atoms with Crippen molar-refractivity contribution in [2.24, 2.45) is 11.7 Å². The minimum Gasteiger partial charge on any atom is -0.327 e. The molecule has 0 aliphatic heterocycles. The Balaban J connectivity index is 1.98. The Morgan fingerprint density at radius 2 is 2.18 bits per heavy atom. The molecule has 0 radical (unpaired) electrons. The lowest BCUT2D eigenvalue weighted by atomic mass is 9.81. The van der Waals surface area contributed by atoms with Crippen molar-refractivity contribution in [3.05, 3.63) is 28.5 Å². The van der Waals surface area contributed by atoms with Gasteiger partial charge in [-0.25, -0.2) is 0 Å². The van der Waals surface area contributed by atoms with E-state index >= 15 is 0 Å². The highest BCUT2D eigenvalue weighted by molar-refractivity contribution is 9.10. The van der Waals surface area contributed by atoms with E-state index in [2.05, 4.69) is 20.9 Å². The molecule has 17 heavy (non-hydrogen) atoms. The molecule has 1 heterocycles. The molecular formula is C13H17BrN2O. The minimum absolute atomic E-state index is 0.0363. The molecule has 0 saturated heterocycles. The van der Waals surface area contributed by atoms with Gasteiger partial charge in [0.15, 0.2) is 0 Å². The average Bonchev–Trinajstić information content (AvgIpc) is 2.32. The summed E-state index contributed by atoms with van der Waals surface area (Å²) in [4.78, 5) is 16.4. The molecular weight excluding hydrogens is 280 g/mol. The van der Waals surface area contributed by atoms with Gasteiger partial charge in [-0.15, -0.1) is 0 Å². The Kier molecular flexibility index (Phi) is 4.29. The number of halogens is 1. The van der Waals surface area contributed by atoms with Crippen LogP contribution in [-0.4, -0.2) is 16.8 Å². The number of hydrogen-bond acceptors (Lipinski definition) is 3. The quantitative estimate of drug-likeness (QED) is 0.932. The van der Waals surface area contributed by atoms with Gasteiger partial charge in [0.25, 0.3) is 0 Å². The van der Waals surface area contributed by atoms with Crippen LogP contribution in [0.15, 0.2) is 22.8 Å². The van der Waals surface area contributed by atoms with Crippen molar-refractivity contribution in [3.8, 4) is 0 Å². The van der Waals surface area contributed by atoms with Gasteiger partial charge in [0.1, 0.15) is 5.78 Å². The summed E-state index contributed by atoms with van der Waals surface area (Å²) in [5.74, 6) is 0.279. The predicted octanol–water partition coefficient (Wildman–Crippen LogP) is 2.47. The van der Waals surface area contributed by atoms with E-state index in [1.165, 1.54) is 0 Å². The molecule has 92 valence electrons. The number of rotatable bonds is 3. The summed E-state index contributed by atoms with van der Waals surface area (Å²) < 4.78 is 0.933. The zero-order valence-electron chi connectivity index (χ0n) is 9.73. The van der Waals surface area contributed by atoms with Crippen LogP contribution in [0, 0.1) is 5.92 Å². The van der Waals surface area contributed by atoms with Crippen molar-refractivity contribution in [1.29, 1.82) is 0 Å². The fraction of sp³-hybridized carbons (Fsp3) is 0.538. The van der Waals surface area contributed by atoms with Gasteiger partial charge in [0.2, 0.25) is 0 Å². The Hall–Kier alpha value is -0.740. The van der Waals surface area contributed by atoms with E-state index in [4.69, 9.17) is 5.73 Å². The summed E-state index contributed by atoms with van der Waals surface area (Å²) in [7, 11) is 0. The number of pyridine rings is 1. The van der Waals surface area contributed by atoms with Gasteiger partial charge >= 0.3 is 0 Å². The molecule has 0 spiro atoms. The Bertz CT molecular complexity index is 391. The summed E-state index contributed by atoms with van der Waals surface area (Å²) in [6, 6.07) is 3.85. The maximum Gasteiger partial charge on any atom is 0.143 e. The summed E-state index contributed by atoms with van der Waals surface area (Å²) in [6.45, 7) is 0. The third-order valence-electron chi connectivity index (χ3n) is 3.38. The van der Waals surface area contributed by atoms with Crippen LogP contribution in [0.1, 0.15) is 31.4 Å². The van der Waals surface area contributed by atoms with Crippen LogP contribution in [0.25, 0.3) is 0 Å². The molecule has 2 N–H and O–H groups in total. The number of ketones is 1. The third-order valence-corrected chi connectivity index (χ3v) is 3.85. The van der Waals surface area contributed by atoms with Crippen LogP contribution in [0.2, 0.25) is 0 Å². The van der Waals surface area contributed by atoms with E-state index in [0.29, 0.717) is 6.42 Å². The molecule has 2 atom stereocenters. The first-order valence-corrected chi connectivity index (χ1v) is 6.85. The van der Waals surface area contributed by atoms with Gasteiger partial charge < -0.3 is 5.73 Å². The molecule has 1 aliphatic rings. The Morgan fingerprint density at radius 3 is 2.82 bits per heavy atom. The van der Waals surface area contributed by atoms with Crippen LogP contribution in [0.5, 0.6) is 0 Å². The van der Waals surface area contributed by atoms with Crippen LogP contribution in [-0.2, 0) is 11.2 Å². The topological polar surface area (TPSA) is 56.0 Å². The number of carbonyl (C=O) groups excluding carboxylic acids is 1.